The number of hydrogen-bond donors (Lipinski definition) is 0. The number of ether oxygens (including phenoxy) is 2. The van der Waals surface area contributed by atoms with Crippen LogP contribution in [0.2, 0.25) is 0 Å². The maximum Gasteiger partial charge on any atom is 0.338 e. The van der Waals surface area contributed by atoms with Gasteiger partial charge in [-0.1, -0.05) is 0 Å². The molecule has 2 unspecified atom stereocenters. The Balaban J connectivity index is 2.32. The van der Waals surface area contributed by atoms with Gasteiger partial charge in [-0.05, 0) is 18.5 Å². The van der Waals surface area contributed by atoms with E-state index in [1.54, 1.807) is 6.92 Å². The van der Waals surface area contributed by atoms with Gasteiger partial charge in [0.15, 0.2) is 12.2 Å². The van der Waals surface area contributed by atoms with E-state index >= 15 is 0 Å². The zero-order chi connectivity index (χ0) is 8.43. The third-order valence-corrected chi connectivity index (χ3v) is 1.45. The van der Waals surface area contributed by atoms with Crippen molar-refractivity contribution in [2.24, 2.45) is 0 Å². The summed E-state index contributed by atoms with van der Waals surface area (Å²) in [6.07, 6.45) is -1.55. The Kier molecular flexibility index (Phi) is 2.46. The van der Waals surface area contributed by atoms with Crippen LogP contribution in [0.3, 0.4) is 0 Å². The number of carbonyl (C=O) groups excluding carboxylic acids is 2. The Morgan fingerprint density at radius 1 is 1.55 bits per heavy atom. The molecule has 5 heteroatoms. The highest BCUT2D eigenvalue weighted by Crippen LogP contribution is 2.25. The maximum absolute atomic E-state index is 10.8. The van der Waals surface area contributed by atoms with Gasteiger partial charge in [-0.15, -0.1) is 0 Å². The summed E-state index contributed by atoms with van der Waals surface area (Å²) in [5.74, 6) is -0.522. The molecule has 1 saturated heterocycles. The van der Waals surface area contributed by atoms with Crippen LogP contribution in [-0.4, -0.2) is 30.0 Å². The third kappa shape index (κ3) is 1.91. The zero-order valence-electron chi connectivity index (χ0n) is 5.87. The predicted molar refractivity (Wildman–Crippen MR) is 36.2 cm³/mol. The Bertz CT molecular complexity index is 191. The van der Waals surface area contributed by atoms with Crippen molar-refractivity contribution in [1.82, 2.24) is 0 Å². The van der Waals surface area contributed by atoms with Crippen LogP contribution in [0.1, 0.15) is 6.92 Å². The van der Waals surface area contributed by atoms with Gasteiger partial charge in [-0.3, -0.25) is 4.79 Å². The molecule has 0 radical (unpaired) electrons. The first kappa shape index (κ1) is 8.49. The normalized spacial score (nSPS) is 27.8. The van der Waals surface area contributed by atoms with Gasteiger partial charge < -0.3 is 9.47 Å². The molecule has 1 fully saturated rings. The lowest BCUT2D eigenvalue weighted by Gasteiger charge is -1.94. The number of epoxide rings is 1. The Hall–Kier alpha value is -0.610. The number of carbonyl (C=O) groups is 2. The summed E-state index contributed by atoms with van der Waals surface area (Å²) in [6, 6.07) is 0. The lowest BCUT2D eigenvalue weighted by molar-refractivity contribution is -0.144. The van der Waals surface area contributed by atoms with Gasteiger partial charge in [0.05, 0.1) is 6.61 Å². The molecule has 11 heavy (non-hydrogen) atoms. The molecule has 0 aromatic carbocycles. The number of hydrogen-bond acceptors (Lipinski definition) is 4. The van der Waals surface area contributed by atoms with Crippen molar-refractivity contribution in [2.45, 2.75) is 19.1 Å². The summed E-state index contributed by atoms with van der Waals surface area (Å²) < 4.78 is 9.21. The van der Waals surface area contributed by atoms with Crippen molar-refractivity contribution in [2.75, 3.05) is 6.61 Å². The highest BCUT2D eigenvalue weighted by atomic mass is 35.5. The average Bonchev–Trinajstić information content (AvgIpc) is 2.65. The maximum atomic E-state index is 10.8. The van der Waals surface area contributed by atoms with Gasteiger partial charge in [0, 0.05) is 0 Å². The molecule has 1 aliphatic rings. The highest BCUT2D eigenvalue weighted by molar-refractivity contribution is 6.65. The predicted octanol–water partition coefficient (Wildman–Crippen LogP) is 0.0823. The standard InChI is InChI=1S/C6H7ClO4/c1-2-10-6(9)4-3(11-4)5(7)8/h3-4H,2H2,1H3. The molecule has 0 saturated carbocycles. The highest BCUT2D eigenvalue weighted by Gasteiger charge is 2.50. The van der Waals surface area contributed by atoms with Crippen LogP contribution in [0.5, 0.6) is 0 Å². The molecule has 0 aliphatic carbocycles. The van der Waals surface area contributed by atoms with Crippen molar-refractivity contribution in [3.63, 3.8) is 0 Å². The van der Waals surface area contributed by atoms with E-state index in [1.807, 2.05) is 0 Å². The first-order valence-corrected chi connectivity index (χ1v) is 3.56. The monoisotopic (exact) mass is 178 g/mol. The van der Waals surface area contributed by atoms with E-state index < -0.39 is 23.4 Å². The largest absolute Gasteiger partial charge is 0.464 e. The van der Waals surface area contributed by atoms with Crippen molar-refractivity contribution >= 4 is 22.8 Å². The first-order chi connectivity index (χ1) is 5.16. The molecule has 0 amide bonds. The van der Waals surface area contributed by atoms with E-state index in [1.165, 1.54) is 0 Å². The molecule has 1 rings (SSSR count). The Morgan fingerprint density at radius 2 is 2.18 bits per heavy atom. The molecule has 4 nitrogen and oxygen atoms in total. The van der Waals surface area contributed by atoms with E-state index in [9.17, 15) is 9.59 Å². The van der Waals surface area contributed by atoms with E-state index in [0.717, 1.165) is 0 Å². The number of halogens is 1. The van der Waals surface area contributed by atoms with E-state index in [-0.39, 0.29) is 6.61 Å². The minimum Gasteiger partial charge on any atom is -0.464 e. The quantitative estimate of drug-likeness (QED) is 0.349. The fourth-order valence-electron chi connectivity index (χ4n) is 0.689. The topological polar surface area (TPSA) is 55.9 Å². The van der Waals surface area contributed by atoms with Gasteiger partial charge in [0.1, 0.15) is 0 Å². The van der Waals surface area contributed by atoms with Gasteiger partial charge >= 0.3 is 5.97 Å². The van der Waals surface area contributed by atoms with Crippen LogP contribution < -0.4 is 0 Å². The summed E-state index contributed by atoms with van der Waals surface area (Å²) in [5, 5.41) is -0.650. The van der Waals surface area contributed by atoms with Gasteiger partial charge in [-0.2, -0.15) is 0 Å². The van der Waals surface area contributed by atoms with Gasteiger partial charge in [0.25, 0.3) is 5.24 Å². The van der Waals surface area contributed by atoms with Crippen LogP contribution in [0.15, 0.2) is 0 Å². The second-order valence-electron chi connectivity index (χ2n) is 2.03. The number of esters is 1. The average molecular weight is 179 g/mol. The smallest absolute Gasteiger partial charge is 0.338 e. The van der Waals surface area contributed by atoms with Gasteiger partial charge in [0.2, 0.25) is 0 Å². The lowest BCUT2D eigenvalue weighted by Crippen LogP contribution is -2.15. The first-order valence-electron chi connectivity index (χ1n) is 3.18. The molecular weight excluding hydrogens is 172 g/mol. The van der Waals surface area contributed by atoms with Crippen LogP contribution in [0, 0.1) is 0 Å². The summed E-state index contributed by atoms with van der Waals surface area (Å²) >= 11 is 5.04. The molecule has 0 aromatic rings. The molecule has 1 aliphatic heterocycles. The minimum atomic E-state index is -0.782. The summed E-state index contributed by atoms with van der Waals surface area (Å²) in [7, 11) is 0. The minimum absolute atomic E-state index is 0.280. The summed E-state index contributed by atoms with van der Waals surface area (Å²) in [4.78, 5) is 21.1. The van der Waals surface area contributed by atoms with E-state index in [4.69, 9.17) is 11.6 Å². The molecular formula is C6H7ClO4. The lowest BCUT2D eigenvalue weighted by atomic mass is 10.3. The van der Waals surface area contributed by atoms with Crippen LogP contribution in [0.25, 0.3) is 0 Å². The molecule has 0 N–H and O–H groups in total. The van der Waals surface area contributed by atoms with Crippen molar-refractivity contribution in [3.05, 3.63) is 0 Å². The second-order valence-corrected chi connectivity index (χ2v) is 2.41. The van der Waals surface area contributed by atoms with Gasteiger partial charge in [-0.25, -0.2) is 4.79 Å². The second kappa shape index (κ2) is 3.19. The van der Waals surface area contributed by atoms with Crippen molar-refractivity contribution in [3.8, 4) is 0 Å². The van der Waals surface area contributed by atoms with E-state index in [2.05, 4.69) is 9.47 Å². The Labute approximate surface area is 68.4 Å². The molecule has 1 heterocycles. The molecule has 62 valence electrons. The van der Waals surface area contributed by atoms with Crippen LogP contribution in [0.4, 0.5) is 0 Å². The summed E-state index contributed by atoms with van der Waals surface area (Å²) in [5.41, 5.74) is 0. The SMILES string of the molecule is CCOC(=O)C1OC1C(=O)Cl. The van der Waals surface area contributed by atoms with Crippen molar-refractivity contribution < 1.29 is 19.1 Å². The number of rotatable bonds is 3. The van der Waals surface area contributed by atoms with Crippen LogP contribution >= 0.6 is 11.6 Å². The molecule has 2 atom stereocenters. The summed E-state index contributed by atoms with van der Waals surface area (Å²) in [6.45, 7) is 1.96. The fraction of sp³-hybridized carbons (Fsp3) is 0.667. The molecule has 0 aromatic heterocycles. The van der Waals surface area contributed by atoms with E-state index in [0.29, 0.717) is 0 Å². The Morgan fingerprint density at radius 3 is 2.55 bits per heavy atom. The molecule has 0 bridgehead atoms. The zero-order valence-corrected chi connectivity index (χ0v) is 6.63. The van der Waals surface area contributed by atoms with Crippen LogP contribution in [-0.2, 0) is 19.1 Å². The fourth-order valence-corrected chi connectivity index (χ4v) is 0.855. The van der Waals surface area contributed by atoms with Crippen molar-refractivity contribution in [1.29, 1.82) is 0 Å². The molecule has 0 spiro atoms. The third-order valence-electron chi connectivity index (χ3n) is 1.23.